The lowest BCUT2D eigenvalue weighted by Crippen LogP contribution is -2.27. The second-order valence-electron chi connectivity index (χ2n) is 4.42. The van der Waals surface area contributed by atoms with Crippen molar-refractivity contribution in [2.75, 3.05) is 19.0 Å². The van der Waals surface area contributed by atoms with Gasteiger partial charge in [0.1, 0.15) is 5.75 Å². The number of carboxylic acids is 1. The fourth-order valence-electron chi connectivity index (χ4n) is 1.61. The van der Waals surface area contributed by atoms with Crippen LogP contribution in [0.25, 0.3) is 0 Å². The molecule has 0 heterocycles. The maximum atomic E-state index is 11.1. The highest BCUT2D eigenvalue weighted by Gasteiger charge is 2.20. The van der Waals surface area contributed by atoms with E-state index in [-0.39, 0.29) is 5.92 Å². The third kappa shape index (κ3) is 3.91. The van der Waals surface area contributed by atoms with Gasteiger partial charge >= 0.3 is 5.97 Å². The summed E-state index contributed by atoms with van der Waals surface area (Å²) in [5.41, 5.74) is 0.870. The Kier molecular flexibility index (Phi) is 5.47. The maximum absolute atomic E-state index is 11.1. The van der Waals surface area contributed by atoms with Crippen molar-refractivity contribution in [3.63, 3.8) is 0 Å². The van der Waals surface area contributed by atoms with E-state index in [0.717, 1.165) is 15.9 Å². The first-order chi connectivity index (χ1) is 8.45. The molecule has 18 heavy (non-hydrogen) atoms. The van der Waals surface area contributed by atoms with Crippen molar-refractivity contribution in [2.45, 2.75) is 13.8 Å². The van der Waals surface area contributed by atoms with Gasteiger partial charge in [-0.05, 0) is 40.0 Å². The minimum absolute atomic E-state index is 0.0942. The first-order valence-corrected chi connectivity index (χ1v) is 6.55. The standard InChI is InChI=1S/C13H18BrNO3/c1-8(2)10(13(16)17)7-15-9-4-5-12(18-3)11(14)6-9/h4-6,8,10,15H,7H2,1-3H3,(H,16,17). The number of benzene rings is 1. The van der Waals surface area contributed by atoms with Crippen molar-refractivity contribution >= 4 is 27.6 Å². The normalized spacial score (nSPS) is 12.3. The first-order valence-electron chi connectivity index (χ1n) is 5.76. The van der Waals surface area contributed by atoms with E-state index < -0.39 is 11.9 Å². The number of ether oxygens (including phenoxy) is 1. The second kappa shape index (κ2) is 6.64. The summed E-state index contributed by atoms with van der Waals surface area (Å²) < 4.78 is 5.97. The van der Waals surface area contributed by atoms with E-state index in [9.17, 15) is 4.79 Å². The molecule has 5 heteroatoms. The van der Waals surface area contributed by atoms with Gasteiger partial charge in [-0.15, -0.1) is 0 Å². The molecule has 0 aromatic heterocycles. The number of carbonyl (C=O) groups is 1. The van der Waals surface area contributed by atoms with Crippen molar-refractivity contribution in [3.8, 4) is 5.75 Å². The van der Waals surface area contributed by atoms with E-state index >= 15 is 0 Å². The Morgan fingerprint density at radius 1 is 1.50 bits per heavy atom. The van der Waals surface area contributed by atoms with Crippen LogP contribution in [0.1, 0.15) is 13.8 Å². The van der Waals surface area contributed by atoms with Crippen LogP contribution in [0.4, 0.5) is 5.69 Å². The van der Waals surface area contributed by atoms with Gasteiger partial charge in [0.2, 0.25) is 0 Å². The molecule has 1 aromatic rings. The predicted molar refractivity (Wildman–Crippen MR) is 75.1 cm³/mol. The average Bonchev–Trinajstić information content (AvgIpc) is 2.28. The van der Waals surface area contributed by atoms with E-state index in [2.05, 4.69) is 21.2 Å². The molecule has 0 spiro atoms. The van der Waals surface area contributed by atoms with E-state index in [4.69, 9.17) is 9.84 Å². The molecule has 1 unspecified atom stereocenters. The molecular formula is C13H18BrNO3. The molecule has 0 saturated heterocycles. The van der Waals surface area contributed by atoms with Gasteiger partial charge in [0, 0.05) is 12.2 Å². The Morgan fingerprint density at radius 2 is 2.17 bits per heavy atom. The molecule has 100 valence electrons. The van der Waals surface area contributed by atoms with Crippen LogP contribution in [0.5, 0.6) is 5.75 Å². The predicted octanol–water partition coefficient (Wildman–Crippen LogP) is 3.23. The minimum Gasteiger partial charge on any atom is -0.496 e. The molecule has 1 aromatic carbocycles. The monoisotopic (exact) mass is 315 g/mol. The fourth-order valence-corrected chi connectivity index (χ4v) is 2.15. The molecule has 0 aliphatic carbocycles. The summed E-state index contributed by atoms with van der Waals surface area (Å²) in [5.74, 6) is -0.327. The van der Waals surface area contributed by atoms with Crippen molar-refractivity contribution in [1.82, 2.24) is 0 Å². The van der Waals surface area contributed by atoms with Gasteiger partial charge in [-0.25, -0.2) is 0 Å². The van der Waals surface area contributed by atoms with Gasteiger partial charge in [-0.3, -0.25) is 4.79 Å². The number of anilines is 1. The molecule has 2 N–H and O–H groups in total. The Balaban J connectivity index is 2.68. The number of hydrogen-bond acceptors (Lipinski definition) is 3. The van der Waals surface area contributed by atoms with Crippen LogP contribution in [-0.2, 0) is 4.79 Å². The van der Waals surface area contributed by atoms with Crippen molar-refractivity contribution < 1.29 is 14.6 Å². The Labute approximate surface area is 115 Å². The van der Waals surface area contributed by atoms with Crippen LogP contribution in [0.3, 0.4) is 0 Å². The van der Waals surface area contributed by atoms with Crippen molar-refractivity contribution in [2.24, 2.45) is 11.8 Å². The molecule has 0 fully saturated rings. The number of rotatable bonds is 6. The second-order valence-corrected chi connectivity index (χ2v) is 5.27. The summed E-state index contributed by atoms with van der Waals surface area (Å²) in [6.45, 7) is 4.22. The summed E-state index contributed by atoms with van der Waals surface area (Å²) in [6, 6.07) is 5.57. The fraction of sp³-hybridized carbons (Fsp3) is 0.462. The Bertz CT molecular complexity index is 421. The van der Waals surface area contributed by atoms with Gasteiger partial charge in [-0.2, -0.15) is 0 Å². The third-order valence-corrected chi connectivity index (χ3v) is 3.42. The SMILES string of the molecule is COc1ccc(NCC(C(=O)O)C(C)C)cc1Br. The van der Waals surface area contributed by atoms with Crippen LogP contribution < -0.4 is 10.1 Å². The molecule has 0 aliphatic rings. The zero-order chi connectivity index (χ0) is 13.7. The first kappa shape index (κ1) is 14.8. The molecule has 0 aliphatic heterocycles. The van der Waals surface area contributed by atoms with Crippen LogP contribution in [0.15, 0.2) is 22.7 Å². The highest BCUT2D eigenvalue weighted by atomic mass is 79.9. The lowest BCUT2D eigenvalue weighted by molar-refractivity contribution is -0.142. The molecular weight excluding hydrogens is 298 g/mol. The zero-order valence-electron chi connectivity index (χ0n) is 10.7. The van der Waals surface area contributed by atoms with E-state index in [1.807, 2.05) is 32.0 Å². The third-order valence-electron chi connectivity index (χ3n) is 2.80. The van der Waals surface area contributed by atoms with Gasteiger partial charge in [0.25, 0.3) is 0 Å². The highest BCUT2D eigenvalue weighted by molar-refractivity contribution is 9.10. The molecule has 1 atom stereocenters. The number of halogens is 1. The quantitative estimate of drug-likeness (QED) is 0.846. The van der Waals surface area contributed by atoms with Crippen molar-refractivity contribution in [1.29, 1.82) is 0 Å². The number of methoxy groups -OCH3 is 1. The number of carboxylic acid groups (broad SMARTS) is 1. The summed E-state index contributed by atoms with van der Waals surface area (Å²) in [4.78, 5) is 11.1. The van der Waals surface area contributed by atoms with Crippen LogP contribution >= 0.6 is 15.9 Å². The van der Waals surface area contributed by atoms with E-state index in [0.29, 0.717) is 6.54 Å². The summed E-state index contributed by atoms with van der Waals surface area (Å²) in [5, 5.41) is 12.2. The van der Waals surface area contributed by atoms with Crippen LogP contribution in [0.2, 0.25) is 0 Å². The summed E-state index contributed by atoms with van der Waals surface area (Å²) in [7, 11) is 1.60. The highest BCUT2D eigenvalue weighted by Crippen LogP contribution is 2.28. The van der Waals surface area contributed by atoms with Crippen LogP contribution in [0, 0.1) is 11.8 Å². The number of nitrogens with one attached hydrogen (secondary N) is 1. The van der Waals surface area contributed by atoms with Crippen LogP contribution in [-0.4, -0.2) is 24.7 Å². The minimum atomic E-state index is -0.773. The van der Waals surface area contributed by atoms with E-state index in [1.54, 1.807) is 7.11 Å². The number of aliphatic carboxylic acids is 1. The molecule has 0 bridgehead atoms. The van der Waals surface area contributed by atoms with Gasteiger partial charge in [-0.1, -0.05) is 13.8 Å². The lowest BCUT2D eigenvalue weighted by Gasteiger charge is -2.17. The topological polar surface area (TPSA) is 58.6 Å². The molecule has 0 saturated carbocycles. The van der Waals surface area contributed by atoms with Crippen molar-refractivity contribution in [3.05, 3.63) is 22.7 Å². The Hall–Kier alpha value is -1.23. The van der Waals surface area contributed by atoms with Gasteiger partial charge < -0.3 is 15.2 Å². The summed E-state index contributed by atoms with van der Waals surface area (Å²) in [6.07, 6.45) is 0. The lowest BCUT2D eigenvalue weighted by atomic mass is 9.96. The Morgan fingerprint density at radius 3 is 2.61 bits per heavy atom. The average molecular weight is 316 g/mol. The molecule has 0 amide bonds. The van der Waals surface area contributed by atoms with Gasteiger partial charge in [0.15, 0.2) is 0 Å². The molecule has 4 nitrogen and oxygen atoms in total. The number of hydrogen-bond donors (Lipinski definition) is 2. The van der Waals surface area contributed by atoms with E-state index in [1.165, 1.54) is 0 Å². The van der Waals surface area contributed by atoms with Gasteiger partial charge in [0.05, 0.1) is 17.5 Å². The zero-order valence-corrected chi connectivity index (χ0v) is 12.3. The largest absolute Gasteiger partial charge is 0.496 e. The molecule has 1 rings (SSSR count). The maximum Gasteiger partial charge on any atom is 0.308 e. The molecule has 0 radical (unpaired) electrons. The smallest absolute Gasteiger partial charge is 0.308 e. The summed E-state index contributed by atoms with van der Waals surface area (Å²) >= 11 is 3.39.